The van der Waals surface area contributed by atoms with Gasteiger partial charge in [-0.15, -0.1) is 0 Å². The van der Waals surface area contributed by atoms with Gasteiger partial charge < -0.3 is 9.73 Å². The van der Waals surface area contributed by atoms with Gasteiger partial charge in [0.15, 0.2) is 11.6 Å². The number of amides is 1. The highest BCUT2D eigenvalue weighted by Crippen LogP contribution is 2.16. The van der Waals surface area contributed by atoms with E-state index in [1.54, 1.807) is 12.1 Å². The van der Waals surface area contributed by atoms with Crippen molar-refractivity contribution in [1.29, 1.82) is 0 Å². The minimum absolute atomic E-state index is 0.139. The fourth-order valence-corrected chi connectivity index (χ4v) is 1.76. The molecule has 1 aromatic carbocycles. The number of amidine groups is 1. The fourth-order valence-electron chi connectivity index (χ4n) is 1.76. The third kappa shape index (κ3) is 2.23. The van der Waals surface area contributed by atoms with Crippen LogP contribution in [-0.4, -0.2) is 11.7 Å². The highest BCUT2D eigenvalue weighted by atomic mass is 19.2. The summed E-state index contributed by atoms with van der Waals surface area (Å²) >= 11 is 0. The molecule has 0 fully saturated rings. The number of nitrogens with zero attached hydrogens (tertiary/aromatic N) is 1. The predicted octanol–water partition coefficient (Wildman–Crippen LogP) is 2.48. The Balaban J connectivity index is 1.96. The van der Waals surface area contributed by atoms with Crippen LogP contribution in [0.4, 0.5) is 8.78 Å². The first-order chi connectivity index (χ1) is 9.63. The smallest absolute Gasteiger partial charge is 0.275 e. The van der Waals surface area contributed by atoms with Crippen molar-refractivity contribution in [2.24, 2.45) is 4.99 Å². The molecule has 1 N–H and O–H groups in total. The lowest BCUT2D eigenvalue weighted by molar-refractivity contribution is -0.115. The molecule has 4 nitrogen and oxygen atoms in total. The molecule has 1 aromatic heterocycles. The summed E-state index contributed by atoms with van der Waals surface area (Å²) in [6.45, 7) is 0. The van der Waals surface area contributed by atoms with Gasteiger partial charge in [-0.2, -0.15) is 0 Å². The van der Waals surface area contributed by atoms with Crippen LogP contribution in [0.15, 0.2) is 51.7 Å². The summed E-state index contributed by atoms with van der Waals surface area (Å²) in [6, 6.07) is 6.65. The van der Waals surface area contributed by atoms with Crippen LogP contribution in [0.5, 0.6) is 0 Å². The minimum atomic E-state index is -0.997. The van der Waals surface area contributed by atoms with Gasteiger partial charge in [0.2, 0.25) is 0 Å². The number of carbonyl (C=O) groups is 1. The van der Waals surface area contributed by atoms with E-state index in [0.717, 1.165) is 12.1 Å². The summed E-state index contributed by atoms with van der Waals surface area (Å²) in [7, 11) is 0. The summed E-state index contributed by atoms with van der Waals surface area (Å²) in [6.07, 6.45) is 2.93. The lowest BCUT2D eigenvalue weighted by Gasteiger charge is -2.00. The molecule has 6 heteroatoms. The molecule has 0 saturated carbocycles. The normalized spacial score (nSPS) is 16.4. The zero-order valence-corrected chi connectivity index (χ0v) is 10.1. The Morgan fingerprint density at radius 1 is 1.20 bits per heavy atom. The van der Waals surface area contributed by atoms with E-state index < -0.39 is 17.5 Å². The van der Waals surface area contributed by atoms with Gasteiger partial charge in [-0.25, -0.2) is 13.8 Å². The summed E-state index contributed by atoms with van der Waals surface area (Å²) in [5, 5.41) is 2.49. The lowest BCUT2D eigenvalue weighted by Crippen LogP contribution is -2.24. The quantitative estimate of drug-likeness (QED) is 0.855. The summed E-state index contributed by atoms with van der Waals surface area (Å²) < 4.78 is 31.1. The van der Waals surface area contributed by atoms with Gasteiger partial charge in [-0.3, -0.25) is 4.79 Å². The molecule has 0 spiro atoms. The van der Waals surface area contributed by atoms with Crippen LogP contribution >= 0.6 is 0 Å². The van der Waals surface area contributed by atoms with E-state index in [1.807, 2.05) is 0 Å². The first-order valence-electron chi connectivity index (χ1n) is 5.74. The van der Waals surface area contributed by atoms with E-state index in [0.29, 0.717) is 11.3 Å². The molecule has 1 amide bonds. The van der Waals surface area contributed by atoms with Gasteiger partial charge in [0.25, 0.3) is 5.91 Å². The molecule has 0 unspecified atom stereocenters. The van der Waals surface area contributed by atoms with Crippen LogP contribution in [0.3, 0.4) is 0 Å². The molecular formula is C14H8F2N2O2. The Bertz CT molecular complexity index is 734. The molecule has 20 heavy (non-hydrogen) atoms. The Labute approximate surface area is 112 Å². The zero-order chi connectivity index (χ0) is 14.1. The number of halogens is 2. The SMILES string of the molecule is O=C1NC(c2ccc(F)c(F)c2)=N/C1=C/c1ccco1. The molecule has 2 aromatic rings. The fraction of sp³-hybridized carbons (Fsp3) is 0. The third-order valence-corrected chi connectivity index (χ3v) is 2.71. The number of hydrogen-bond acceptors (Lipinski definition) is 3. The number of hydrogen-bond donors (Lipinski definition) is 1. The Kier molecular flexibility index (Phi) is 2.90. The predicted molar refractivity (Wildman–Crippen MR) is 67.7 cm³/mol. The van der Waals surface area contributed by atoms with Crippen molar-refractivity contribution in [3.05, 3.63) is 65.3 Å². The van der Waals surface area contributed by atoms with Gasteiger partial charge in [0.1, 0.15) is 17.3 Å². The van der Waals surface area contributed by atoms with E-state index in [2.05, 4.69) is 10.3 Å². The molecule has 3 rings (SSSR count). The van der Waals surface area contributed by atoms with Crippen molar-refractivity contribution >= 4 is 17.8 Å². The number of benzene rings is 1. The van der Waals surface area contributed by atoms with Crippen LogP contribution in [0.1, 0.15) is 11.3 Å². The largest absolute Gasteiger partial charge is 0.465 e. The van der Waals surface area contributed by atoms with Crippen LogP contribution < -0.4 is 5.32 Å². The average molecular weight is 274 g/mol. The Hall–Kier alpha value is -2.76. The second-order valence-corrected chi connectivity index (χ2v) is 4.09. The molecule has 1 aliphatic rings. The van der Waals surface area contributed by atoms with E-state index in [-0.39, 0.29) is 11.5 Å². The third-order valence-electron chi connectivity index (χ3n) is 2.71. The number of carbonyl (C=O) groups excluding carboxylic acids is 1. The van der Waals surface area contributed by atoms with Gasteiger partial charge in [-0.1, -0.05) is 0 Å². The number of aliphatic imine (C=N–C) groups is 1. The van der Waals surface area contributed by atoms with Crippen LogP contribution in [0, 0.1) is 11.6 Å². The molecule has 0 aliphatic carbocycles. The van der Waals surface area contributed by atoms with Crippen molar-refractivity contribution in [2.45, 2.75) is 0 Å². The topological polar surface area (TPSA) is 54.6 Å². The zero-order valence-electron chi connectivity index (χ0n) is 10.1. The van der Waals surface area contributed by atoms with Gasteiger partial charge in [0, 0.05) is 11.6 Å². The monoisotopic (exact) mass is 274 g/mol. The first kappa shape index (κ1) is 12.3. The molecule has 0 saturated heterocycles. The first-order valence-corrected chi connectivity index (χ1v) is 5.74. The van der Waals surface area contributed by atoms with E-state index in [9.17, 15) is 13.6 Å². The van der Waals surface area contributed by atoms with Crippen molar-refractivity contribution in [2.75, 3.05) is 0 Å². The molecule has 0 bridgehead atoms. The van der Waals surface area contributed by atoms with Crippen molar-refractivity contribution in [3.63, 3.8) is 0 Å². The molecule has 2 heterocycles. The van der Waals surface area contributed by atoms with Gasteiger partial charge in [0.05, 0.1) is 6.26 Å². The van der Waals surface area contributed by atoms with Crippen molar-refractivity contribution < 1.29 is 18.0 Å². The van der Waals surface area contributed by atoms with Gasteiger partial charge >= 0.3 is 0 Å². The highest BCUT2D eigenvalue weighted by molar-refractivity contribution is 6.19. The Morgan fingerprint density at radius 2 is 2.05 bits per heavy atom. The van der Waals surface area contributed by atoms with Crippen LogP contribution in [0.25, 0.3) is 6.08 Å². The van der Waals surface area contributed by atoms with Crippen molar-refractivity contribution in [3.8, 4) is 0 Å². The number of nitrogens with one attached hydrogen (secondary N) is 1. The molecule has 100 valence electrons. The van der Waals surface area contributed by atoms with E-state index >= 15 is 0 Å². The molecule has 0 atom stereocenters. The maximum absolute atomic E-state index is 13.2. The maximum Gasteiger partial charge on any atom is 0.275 e. The van der Waals surface area contributed by atoms with E-state index in [4.69, 9.17) is 4.42 Å². The second-order valence-electron chi connectivity index (χ2n) is 4.09. The standard InChI is InChI=1S/C14H8F2N2O2/c15-10-4-3-8(6-11(10)16)13-17-12(14(19)18-13)7-9-2-1-5-20-9/h1-7H,(H,17,18,19)/b12-7+. The number of furan rings is 1. The van der Waals surface area contributed by atoms with Crippen molar-refractivity contribution in [1.82, 2.24) is 5.32 Å². The number of rotatable bonds is 2. The lowest BCUT2D eigenvalue weighted by atomic mass is 10.2. The van der Waals surface area contributed by atoms with E-state index in [1.165, 1.54) is 18.4 Å². The van der Waals surface area contributed by atoms with Gasteiger partial charge in [-0.05, 0) is 30.3 Å². The Morgan fingerprint density at radius 3 is 2.75 bits per heavy atom. The maximum atomic E-state index is 13.2. The minimum Gasteiger partial charge on any atom is -0.465 e. The summed E-state index contributed by atoms with van der Waals surface area (Å²) in [4.78, 5) is 15.8. The average Bonchev–Trinajstić information content (AvgIpc) is 3.04. The van der Waals surface area contributed by atoms with Crippen LogP contribution in [-0.2, 0) is 4.79 Å². The second kappa shape index (κ2) is 4.73. The molecule has 0 radical (unpaired) electrons. The van der Waals surface area contributed by atoms with Crippen LogP contribution in [0.2, 0.25) is 0 Å². The highest BCUT2D eigenvalue weighted by Gasteiger charge is 2.22. The summed E-state index contributed by atoms with van der Waals surface area (Å²) in [5.41, 5.74) is 0.430. The summed E-state index contributed by atoms with van der Waals surface area (Å²) in [5.74, 6) is -1.73. The molecule has 1 aliphatic heterocycles. The molecular weight excluding hydrogens is 266 g/mol.